The highest BCUT2D eigenvalue weighted by Crippen LogP contribution is 2.27. The summed E-state index contributed by atoms with van der Waals surface area (Å²) >= 11 is 0. The van der Waals surface area contributed by atoms with Crippen LogP contribution in [-0.2, 0) is 10.0 Å². The molecule has 32 heavy (non-hydrogen) atoms. The number of hydrogen-bond acceptors (Lipinski definition) is 6. The number of para-hydroxylation sites is 1. The predicted octanol–water partition coefficient (Wildman–Crippen LogP) is 2.94. The van der Waals surface area contributed by atoms with Crippen molar-refractivity contribution < 1.29 is 8.42 Å². The maximum Gasteiger partial charge on any atom is 0.243 e. The highest BCUT2D eigenvalue weighted by molar-refractivity contribution is 7.89. The van der Waals surface area contributed by atoms with Crippen LogP contribution < -0.4 is 4.90 Å². The highest BCUT2D eigenvalue weighted by atomic mass is 32.2. The second-order valence-corrected chi connectivity index (χ2v) is 9.87. The number of benzene rings is 2. The average molecular weight is 449 g/mol. The molecule has 0 unspecified atom stereocenters. The number of hydrogen-bond donors (Lipinski definition) is 0. The van der Waals surface area contributed by atoms with Gasteiger partial charge < -0.3 is 4.90 Å². The van der Waals surface area contributed by atoms with Crippen molar-refractivity contribution >= 4 is 26.9 Å². The predicted molar refractivity (Wildman–Crippen MR) is 124 cm³/mol. The molecule has 1 saturated heterocycles. The molecule has 0 amide bonds. The van der Waals surface area contributed by atoms with E-state index in [2.05, 4.69) is 20.0 Å². The number of fused-ring (bicyclic) bond motifs is 1. The molecule has 0 N–H and O–H groups in total. The van der Waals surface area contributed by atoms with E-state index in [1.807, 2.05) is 61.0 Å². The molecule has 9 heteroatoms. The van der Waals surface area contributed by atoms with E-state index in [4.69, 9.17) is 0 Å². The van der Waals surface area contributed by atoms with Gasteiger partial charge >= 0.3 is 0 Å². The zero-order chi connectivity index (χ0) is 22.3. The third kappa shape index (κ3) is 3.63. The minimum atomic E-state index is -3.51. The van der Waals surface area contributed by atoms with E-state index in [0.717, 1.165) is 28.1 Å². The lowest BCUT2D eigenvalue weighted by molar-refractivity contribution is 0.384. The monoisotopic (exact) mass is 448 g/mol. The van der Waals surface area contributed by atoms with Crippen LogP contribution in [0.15, 0.2) is 65.7 Å². The van der Waals surface area contributed by atoms with E-state index in [0.29, 0.717) is 36.9 Å². The van der Waals surface area contributed by atoms with Gasteiger partial charge in [0.1, 0.15) is 11.6 Å². The molecule has 2 aromatic heterocycles. The van der Waals surface area contributed by atoms with Crippen LogP contribution >= 0.6 is 0 Å². The van der Waals surface area contributed by atoms with Crippen LogP contribution in [0, 0.1) is 13.8 Å². The Morgan fingerprint density at radius 2 is 1.53 bits per heavy atom. The number of sulfonamides is 1. The van der Waals surface area contributed by atoms with Gasteiger partial charge in [0, 0.05) is 26.2 Å². The quantitative estimate of drug-likeness (QED) is 0.477. The summed E-state index contributed by atoms with van der Waals surface area (Å²) in [5.74, 6) is 1.45. The van der Waals surface area contributed by atoms with Gasteiger partial charge in [-0.25, -0.2) is 23.1 Å². The molecule has 5 rings (SSSR count). The number of rotatable bonds is 4. The van der Waals surface area contributed by atoms with E-state index in [9.17, 15) is 8.42 Å². The first-order valence-electron chi connectivity index (χ1n) is 10.5. The lowest BCUT2D eigenvalue weighted by atomic mass is 10.2. The minimum absolute atomic E-state index is 0.334. The molecular formula is C23H24N6O2S. The van der Waals surface area contributed by atoms with Gasteiger partial charge in [-0.2, -0.15) is 9.40 Å². The first-order valence-corrected chi connectivity index (χ1v) is 12.0. The summed E-state index contributed by atoms with van der Waals surface area (Å²) in [5.41, 5.74) is 2.71. The first-order chi connectivity index (χ1) is 15.4. The maximum atomic E-state index is 13.0. The van der Waals surface area contributed by atoms with Gasteiger partial charge in [0.15, 0.2) is 5.65 Å². The van der Waals surface area contributed by atoms with Crippen LogP contribution in [0.1, 0.15) is 11.4 Å². The molecule has 0 atom stereocenters. The first kappa shape index (κ1) is 20.6. The molecule has 3 heterocycles. The molecule has 164 valence electrons. The second-order valence-electron chi connectivity index (χ2n) is 7.93. The SMILES string of the molecule is Cc1ccc(S(=O)(=O)N2CCN(c3nc(C)nc4c3cnn4-c3ccccc3)CC2)cc1. The van der Waals surface area contributed by atoms with Crippen LogP contribution in [-0.4, -0.2) is 58.7 Å². The Bertz CT molecular complexity index is 1360. The maximum absolute atomic E-state index is 13.0. The number of aryl methyl sites for hydroxylation is 2. The van der Waals surface area contributed by atoms with Crippen molar-refractivity contribution in [2.75, 3.05) is 31.1 Å². The summed E-state index contributed by atoms with van der Waals surface area (Å²) in [6, 6.07) is 16.9. The topological polar surface area (TPSA) is 84.2 Å². The Morgan fingerprint density at radius 1 is 0.844 bits per heavy atom. The molecular weight excluding hydrogens is 424 g/mol. The van der Waals surface area contributed by atoms with Crippen molar-refractivity contribution in [3.63, 3.8) is 0 Å². The molecule has 8 nitrogen and oxygen atoms in total. The molecule has 0 radical (unpaired) electrons. The summed E-state index contributed by atoms with van der Waals surface area (Å²) in [4.78, 5) is 11.8. The lowest BCUT2D eigenvalue weighted by Crippen LogP contribution is -2.49. The van der Waals surface area contributed by atoms with E-state index in [1.54, 1.807) is 22.6 Å². The number of piperazine rings is 1. The van der Waals surface area contributed by atoms with Crippen molar-refractivity contribution in [1.29, 1.82) is 0 Å². The van der Waals surface area contributed by atoms with Crippen molar-refractivity contribution in [2.45, 2.75) is 18.7 Å². The molecule has 1 aliphatic rings. The fourth-order valence-corrected chi connectivity index (χ4v) is 5.42. The minimum Gasteiger partial charge on any atom is -0.353 e. The normalized spacial score (nSPS) is 15.4. The van der Waals surface area contributed by atoms with Crippen molar-refractivity contribution in [3.05, 3.63) is 72.2 Å². The Hall–Kier alpha value is -3.30. The lowest BCUT2D eigenvalue weighted by Gasteiger charge is -2.35. The zero-order valence-electron chi connectivity index (χ0n) is 18.0. The summed E-state index contributed by atoms with van der Waals surface area (Å²) < 4.78 is 29.4. The summed E-state index contributed by atoms with van der Waals surface area (Å²) in [6.07, 6.45) is 1.78. The van der Waals surface area contributed by atoms with Gasteiger partial charge in [-0.3, -0.25) is 0 Å². The number of anilines is 1. The van der Waals surface area contributed by atoms with Crippen LogP contribution in [0.4, 0.5) is 5.82 Å². The van der Waals surface area contributed by atoms with Crippen LogP contribution in [0.3, 0.4) is 0 Å². The van der Waals surface area contributed by atoms with E-state index < -0.39 is 10.0 Å². The second kappa shape index (κ2) is 7.99. The molecule has 0 saturated carbocycles. The van der Waals surface area contributed by atoms with Gasteiger partial charge in [0.05, 0.1) is 22.2 Å². The van der Waals surface area contributed by atoms with Gasteiger partial charge in [0.2, 0.25) is 10.0 Å². The van der Waals surface area contributed by atoms with Gasteiger partial charge in [-0.05, 0) is 38.1 Å². The molecule has 0 aliphatic carbocycles. The van der Waals surface area contributed by atoms with Crippen molar-refractivity contribution in [2.24, 2.45) is 0 Å². The molecule has 1 aliphatic heterocycles. The third-order valence-electron chi connectivity index (χ3n) is 5.72. The van der Waals surface area contributed by atoms with Gasteiger partial charge in [-0.1, -0.05) is 35.9 Å². The molecule has 1 fully saturated rings. The molecule has 2 aromatic carbocycles. The average Bonchev–Trinajstić information content (AvgIpc) is 3.23. The summed E-state index contributed by atoms with van der Waals surface area (Å²) in [5, 5.41) is 5.40. The van der Waals surface area contributed by atoms with Crippen molar-refractivity contribution in [1.82, 2.24) is 24.1 Å². The van der Waals surface area contributed by atoms with Gasteiger partial charge in [-0.15, -0.1) is 0 Å². The van der Waals surface area contributed by atoms with Gasteiger partial charge in [0.25, 0.3) is 0 Å². The van der Waals surface area contributed by atoms with Crippen LogP contribution in [0.25, 0.3) is 16.7 Å². The molecule has 0 spiro atoms. The van der Waals surface area contributed by atoms with E-state index in [-0.39, 0.29) is 0 Å². The standard InChI is InChI=1S/C23H24N6O2S/c1-17-8-10-20(11-9-17)32(30,31)28-14-12-27(13-15-28)22-21-16-24-29(19-6-4-3-5-7-19)23(21)26-18(2)25-22/h3-11,16H,12-15H2,1-2H3. The third-order valence-corrected chi connectivity index (χ3v) is 7.63. The summed E-state index contributed by atoms with van der Waals surface area (Å²) in [7, 11) is -3.51. The number of nitrogens with zero attached hydrogens (tertiary/aromatic N) is 6. The van der Waals surface area contributed by atoms with Crippen LogP contribution in [0.5, 0.6) is 0 Å². The summed E-state index contributed by atoms with van der Waals surface area (Å²) in [6.45, 7) is 5.70. The molecule has 0 bridgehead atoms. The largest absolute Gasteiger partial charge is 0.353 e. The smallest absolute Gasteiger partial charge is 0.243 e. The Balaban J connectivity index is 1.42. The van der Waals surface area contributed by atoms with E-state index >= 15 is 0 Å². The number of aromatic nitrogens is 4. The Kier molecular flexibility index (Phi) is 5.15. The van der Waals surface area contributed by atoms with Crippen LogP contribution in [0.2, 0.25) is 0 Å². The highest BCUT2D eigenvalue weighted by Gasteiger charge is 2.30. The fourth-order valence-electron chi connectivity index (χ4n) is 4.00. The Labute approximate surface area is 187 Å². The fraction of sp³-hybridized carbons (Fsp3) is 0.261. The zero-order valence-corrected chi connectivity index (χ0v) is 18.8. The van der Waals surface area contributed by atoms with Crippen molar-refractivity contribution in [3.8, 4) is 5.69 Å². The van der Waals surface area contributed by atoms with E-state index in [1.165, 1.54) is 0 Å². The molecule has 4 aromatic rings. The Morgan fingerprint density at radius 3 is 2.22 bits per heavy atom.